The molecule has 3 nitrogen and oxygen atoms in total. The van der Waals surface area contributed by atoms with Crippen LogP contribution in [0.5, 0.6) is 11.5 Å². The van der Waals surface area contributed by atoms with Crippen molar-refractivity contribution >= 4 is 60.7 Å². The van der Waals surface area contributed by atoms with E-state index >= 15 is 0 Å². The topological polar surface area (TPSA) is 30.5 Å². The van der Waals surface area contributed by atoms with Gasteiger partial charge >= 0.3 is 0 Å². The number of rotatable bonds is 7. The molecule has 0 unspecified atom stereocenters. The predicted octanol–water partition coefficient (Wildman–Crippen LogP) is 7.72. The molecule has 0 saturated carbocycles. The van der Waals surface area contributed by atoms with Gasteiger partial charge < -0.3 is 14.8 Å². The Bertz CT molecular complexity index is 965. The Labute approximate surface area is 191 Å². The first-order chi connectivity index (χ1) is 13.5. The van der Waals surface area contributed by atoms with Gasteiger partial charge in [0.15, 0.2) is 11.5 Å². The van der Waals surface area contributed by atoms with Gasteiger partial charge in [0.25, 0.3) is 0 Å². The zero-order valence-electron chi connectivity index (χ0n) is 14.9. The Kier molecular flexibility index (Phi) is 7.52. The van der Waals surface area contributed by atoms with Crippen LogP contribution in [0.4, 0.5) is 5.69 Å². The van der Waals surface area contributed by atoms with Crippen LogP contribution in [-0.4, -0.2) is 7.11 Å². The van der Waals surface area contributed by atoms with E-state index in [1.54, 1.807) is 19.2 Å². The second-order valence-electron chi connectivity index (χ2n) is 5.98. The summed E-state index contributed by atoms with van der Waals surface area (Å²) in [4.78, 5) is 0. The van der Waals surface area contributed by atoms with Gasteiger partial charge in [-0.05, 0) is 54.1 Å². The molecule has 7 heteroatoms. The number of methoxy groups -OCH3 is 1. The molecule has 0 aromatic heterocycles. The molecular weight excluding hydrogens is 529 g/mol. The minimum atomic E-state index is 0.315. The first-order valence-corrected chi connectivity index (χ1v) is 10.7. The summed E-state index contributed by atoms with van der Waals surface area (Å²) in [5.74, 6) is 1.29. The highest BCUT2D eigenvalue weighted by Gasteiger charge is 2.12. The lowest BCUT2D eigenvalue weighted by atomic mass is 10.2. The smallest absolute Gasteiger partial charge is 0.162 e. The van der Waals surface area contributed by atoms with Crippen LogP contribution < -0.4 is 14.8 Å². The first-order valence-electron chi connectivity index (χ1n) is 8.39. The van der Waals surface area contributed by atoms with Crippen LogP contribution in [0.2, 0.25) is 10.0 Å². The first kappa shape index (κ1) is 21.3. The molecule has 3 aromatic rings. The highest BCUT2D eigenvalue weighted by atomic mass is 79.9. The Morgan fingerprint density at radius 1 is 0.893 bits per heavy atom. The molecular formula is C21H17Br2Cl2NO2. The minimum Gasteiger partial charge on any atom is -0.493 e. The van der Waals surface area contributed by atoms with Gasteiger partial charge in [-0.3, -0.25) is 0 Å². The van der Waals surface area contributed by atoms with Crippen molar-refractivity contribution in [1.29, 1.82) is 0 Å². The lowest BCUT2D eigenvalue weighted by Crippen LogP contribution is -2.03. The van der Waals surface area contributed by atoms with E-state index in [0.29, 0.717) is 34.7 Å². The molecule has 0 spiro atoms. The standard InChI is InChI=1S/C21H17Br2Cl2NO2/c1-27-20-8-14(11-26-17-6-3-15(22)4-7-17)18(23)10-21(20)28-12-13-2-5-16(24)9-19(13)25/h2-10,26H,11-12H2,1H3. The molecule has 3 aromatic carbocycles. The van der Waals surface area contributed by atoms with Crippen LogP contribution >= 0.6 is 55.1 Å². The van der Waals surface area contributed by atoms with Gasteiger partial charge in [-0.1, -0.05) is 61.1 Å². The van der Waals surface area contributed by atoms with Crippen LogP contribution in [0.1, 0.15) is 11.1 Å². The maximum Gasteiger partial charge on any atom is 0.162 e. The fourth-order valence-electron chi connectivity index (χ4n) is 2.54. The van der Waals surface area contributed by atoms with Crippen LogP contribution in [0.25, 0.3) is 0 Å². The van der Waals surface area contributed by atoms with Gasteiger partial charge in [-0.2, -0.15) is 0 Å². The van der Waals surface area contributed by atoms with Crippen molar-refractivity contribution in [3.8, 4) is 11.5 Å². The van der Waals surface area contributed by atoms with E-state index in [-0.39, 0.29) is 0 Å². The largest absolute Gasteiger partial charge is 0.493 e. The van der Waals surface area contributed by atoms with Crippen molar-refractivity contribution in [1.82, 2.24) is 0 Å². The summed E-state index contributed by atoms with van der Waals surface area (Å²) in [7, 11) is 1.62. The summed E-state index contributed by atoms with van der Waals surface area (Å²) in [6.07, 6.45) is 0. The molecule has 0 aliphatic carbocycles. The molecule has 0 bridgehead atoms. The normalized spacial score (nSPS) is 10.6. The van der Waals surface area contributed by atoms with Crippen LogP contribution in [0, 0.1) is 0 Å². The zero-order valence-corrected chi connectivity index (χ0v) is 19.6. The molecule has 0 radical (unpaired) electrons. The second-order valence-corrected chi connectivity index (χ2v) is 8.59. The second kappa shape index (κ2) is 9.88. The van der Waals surface area contributed by atoms with E-state index in [9.17, 15) is 0 Å². The Balaban J connectivity index is 1.72. The summed E-state index contributed by atoms with van der Waals surface area (Å²) < 4.78 is 13.4. The number of nitrogens with one attached hydrogen (secondary N) is 1. The van der Waals surface area contributed by atoms with Gasteiger partial charge in [0, 0.05) is 36.8 Å². The maximum absolute atomic E-state index is 6.22. The number of hydrogen-bond donors (Lipinski definition) is 1. The van der Waals surface area contributed by atoms with E-state index in [4.69, 9.17) is 32.7 Å². The van der Waals surface area contributed by atoms with Crippen molar-refractivity contribution in [3.05, 3.63) is 84.7 Å². The van der Waals surface area contributed by atoms with Gasteiger partial charge in [-0.15, -0.1) is 0 Å². The zero-order chi connectivity index (χ0) is 20.1. The van der Waals surface area contributed by atoms with Gasteiger partial charge in [0.1, 0.15) is 6.61 Å². The molecule has 0 amide bonds. The van der Waals surface area contributed by atoms with Crippen molar-refractivity contribution in [2.24, 2.45) is 0 Å². The van der Waals surface area contributed by atoms with Crippen molar-refractivity contribution in [2.45, 2.75) is 13.2 Å². The molecule has 3 rings (SSSR count). The summed E-state index contributed by atoms with van der Waals surface area (Å²) in [6.45, 7) is 0.956. The van der Waals surface area contributed by atoms with E-state index in [1.807, 2.05) is 42.5 Å². The summed E-state index contributed by atoms with van der Waals surface area (Å²) >= 11 is 19.2. The van der Waals surface area contributed by atoms with Gasteiger partial charge in [0.05, 0.1) is 7.11 Å². The lowest BCUT2D eigenvalue weighted by molar-refractivity contribution is 0.284. The summed E-state index contributed by atoms with van der Waals surface area (Å²) in [5.41, 5.74) is 2.94. The third-order valence-electron chi connectivity index (χ3n) is 4.06. The maximum atomic E-state index is 6.22. The van der Waals surface area contributed by atoms with E-state index < -0.39 is 0 Å². The van der Waals surface area contributed by atoms with Crippen molar-refractivity contribution in [2.75, 3.05) is 12.4 Å². The van der Waals surface area contributed by atoms with Crippen molar-refractivity contribution in [3.63, 3.8) is 0 Å². The quantitative estimate of drug-likeness (QED) is 0.330. The fraction of sp³-hybridized carbons (Fsp3) is 0.143. The Morgan fingerprint density at radius 2 is 1.64 bits per heavy atom. The molecule has 0 atom stereocenters. The third-order valence-corrected chi connectivity index (χ3v) is 5.91. The average Bonchev–Trinajstić information content (AvgIpc) is 2.68. The molecule has 0 saturated heterocycles. The minimum absolute atomic E-state index is 0.315. The van der Waals surface area contributed by atoms with E-state index in [0.717, 1.165) is 25.8 Å². The number of ether oxygens (including phenoxy) is 2. The predicted molar refractivity (Wildman–Crippen MR) is 123 cm³/mol. The molecule has 1 N–H and O–H groups in total. The summed E-state index contributed by atoms with van der Waals surface area (Å²) in [5, 5.41) is 4.56. The number of hydrogen-bond acceptors (Lipinski definition) is 3. The van der Waals surface area contributed by atoms with Crippen LogP contribution in [0.3, 0.4) is 0 Å². The molecule has 146 valence electrons. The molecule has 0 fully saturated rings. The molecule has 0 heterocycles. The Hall–Kier alpha value is -1.40. The van der Waals surface area contributed by atoms with Crippen molar-refractivity contribution < 1.29 is 9.47 Å². The van der Waals surface area contributed by atoms with Crippen LogP contribution in [-0.2, 0) is 13.2 Å². The van der Waals surface area contributed by atoms with Gasteiger partial charge in [0.2, 0.25) is 0 Å². The van der Waals surface area contributed by atoms with Gasteiger partial charge in [-0.25, -0.2) is 0 Å². The van der Waals surface area contributed by atoms with E-state index in [1.165, 1.54) is 0 Å². The Morgan fingerprint density at radius 3 is 2.32 bits per heavy atom. The average molecular weight is 546 g/mol. The fourth-order valence-corrected chi connectivity index (χ4v) is 3.73. The number of anilines is 1. The highest BCUT2D eigenvalue weighted by Crippen LogP contribution is 2.35. The number of benzene rings is 3. The lowest BCUT2D eigenvalue weighted by Gasteiger charge is -2.15. The molecule has 0 aliphatic heterocycles. The SMILES string of the molecule is COc1cc(CNc2ccc(Br)cc2)c(Br)cc1OCc1ccc(Cl)cc1Cl. The molecule has 28 heavy (non-hydrogen) atoms. The third kappa shape index (κ3) is 5.57. The van der Waals surface area contributed by atoms with Crippen LogP contribution in [0.15, 0.2) is 63.5 Å². The van der Waals surface area contributed by atoms with E-state index in [2.05, 4.69) is 37.2 Å². The summed E-state index contributed by atoms with van der Waals surface area (Å²) in [6, 6.07) is 17.2. The highest BCUT2D eigenvalue weighted by molar-refractivity contribution is 9.10. The monoisotopic (exact) mass is 543 g/mol. The molecule has 0 aliphatic rings. The number of halogens is 4.